The van der Waals surface area contributed by atoms with Gasteiger partial charge in [-0.1, -0.05) is 54.6 Å². The molecule has 2 aromatic carbocycles. The summed E-state index contributed by atoms with van der Waals surface area (Å²) in [7, 11) is 0. The van der Waals surface area contributed by atoms with E-state index in [0.29, 0.717) is 6.42 Å². The highest BCUT2D eigenvalue weighted by molar-refractivity contribution is 5.93. The molecule has 0 spiro atoms. The Morgan fingerprint density at radius 2 is 1.71 bits per heavy atom. The van der Waals surface area contributed by atoms with Gasteiger partial charge in [-0.05, 0) is 43.4 Å². The molecule has 1 atom stereocenters. The standard InChI is InChI=1S/C24H25N3O4/c1-24(2,22(29)30)13-20(27-21(28)19-14-25-23(31)26-15-19)12-16-8-10-18(11-9-16)17-6-4-3-5-7-17/h3-11,14-15,20H,12-13H2,1-2H3,(H,27,28)(H,29,30)(H,25,26,31)/t20-/m1/s1. The van der Waals surface area contributed by atoms with Gasteiger partial charge in [0, 0.05) is 18.4 Å². The van der Waals surface area contributed by atoms with Crippen molar-refractivity contribution >= 4 is 11.9 Å². The molecule has 3 aromatic rings. The fourth-order valence-electron chi connectivity index (χ4n) is 3.36. The minimum Gasteiger partial charge on any atom is -0.481 e. The number of hydrogen-bond donors (Lipinski definition) is 3. The van der Waals surface area contributed by atoms with Gasteiger partial charge in [0.15, 0.2) is 0 Å². The summed E-state index contributed by atoms with van der Waals surface area (Å²) < 4.78 is 0. The Balaban J connectivity index is 1.78. The number of rotatable bonds is 8. The van der Waals surface area contributed by atoms with Gasteiger partial charge in [0.1, 0.15) is 0 Å². The third-order valence-electron chi connectivity index (χ3n) is 5.15. The van der Waals surface area contributed by atoms with Crippen LogP contribution in [-0.4, -0.2) is 33.0 Å². The summed E-state index contributed by atoms with van der Waals surface area (Å²) in [5.41, 5.74) is 1.80. The Hall–Kier alpha value is -3.74. The fraction of sp³-hybridized carbons (Fsp3) is 0.250. The van der Waals surface area contributed by atoms with E-state index in [9.17, 15) is 19.5 Å². The Bertz CT molecular complexity index is 1090. The first-order valence-electron chi connectivity index (χ1n) is 9.98. The average molecular weight is 419 g/mol. The predicted octanol–water partition coefficient (Wildman–Crippen LogP) is 3.28. The summed E-state index contributed by atoms with van der Waals surface area (Å²) >= 11 is 0. The van der Waals surface area contributed by atoms with Crippen LogP contribution in [0.15, 0.2) is 71.8 Å². The first-order valence-corrected chi connectivity index (χ1v) is 9.98. The summed E-state index contributed by atoms with van der Waals surface area (Å²) in [4.78, 5) is 41.3. The van der Waals surface area contributed by atoms with Gasteiger partial charge in [-0.3, -0.25) is 9.59 Å². The molecule has 1 amide bonds. The molecule has 0 unspecified atom stereocenters. The van der Waals surface area contributed by atoms with Gasteiger partial charge in [0.05, 0.1) is 11.0 Å². The number of carboxylic acid groups (broad SMARTS) is 1. The van der Waals surface area contributed by atoms with E-state index in [1.54, 1.807) is 13.8 Å². The molecule has 0 radical (unpaired) electrons. The summed E-state index contributed by atoms with van der Waals surface area (Å²) in [5, 5.41) is 12.4. The topological polar surface area (TPSA) is 112 Å². The summed E-state index contributed by atoms with van der Waals surface area (Å²) in [6, 6.07) is 17.6. The van der Waals surface area contributed by atoms with Crippen LogP contribution in [-0.2, 0) is 11.2 Å². The molecule has 0 aliphatic heterocycles. The zero-order valence-electron chi connectivity index (χ0n) is 17.5. The van der Waals surface area contributed by atoms with Crippen LogP contribution in [0.5, 0.6) is 0 Å². The van der Waals surface area contributed by atoms with Crippen LogP contribution in [0.2, 0.25) is 0 Å². The van der Waals surface area contributed by atoms with Crippen molar-refractivity contribution in [2.45, 2.75) is 32.7 Å². The second-order valence-electron chi connectivity index (χ2n) is 8.14. The number of hydrogen-bond acceptors (Lipinski definition) is 4. The summed E-state index contributed by atoms with van der Waals surface area (Å²) in [6.45, 7) is 3.27. The van der Waals surface area contributed by atoms with E-state index in [1.165, 1.54) is 12.4 Å². The van der Waals surface area contributed by atoms with E-state index in [-0.39, 0.29) is 12.0 Å². The molecule has 1 heterocycles. The summed E-state index contributed by atoms with van der Waals surface area (Å²) in [5.74, 6) is -1.35. The van der Waals surface area contributed by atoms with E-state index >= 15 is 0 Å². The lowest BCUT2D eigenvalue weighted by atomic mass is 9.83. The van der Waals surface area contributed by atoms with Crippen molar-refractivity contribution in [2.75, 3.05) is 0 Å². The normalized spacial score (nSPS) is 12.2. The highest BCUT2D eigenvalue weighted by Crippen LogP contribution is 2.25. The number of amides is 1. The minimum atomic E-state index is -1.02. The maximum Gasteiger partial charge on any atom is 0.344 e. The van der Waals surface area contributed by atoms with Gasteiger partial charge in [-0.15, -0.1) is 0 Å². The molecular formula is C24H25N3O4. The number of H-pyrrole nitrogens is 1. The van der Waals surface area contributed by atoms with E-state index < -0.39 is 29.0 Å². The third kappa shape index (κ3) is 5.88. The number of nitrogens with one attached hydrogen (secondary N) is 2. The maximum atomic E-state index is 12.6. The van der Waals surface area contributed by atoms with E-state index in [1.807, 2.05) is 54.6 Å². The Morgan fingerprint density at radius 3 is 2.29 bits per heavy atom. The highest BCUT2D eigenvalue weighted by Gasteiger charge is 2.31. The first kappa shape index (κ1) is 22.0. The zero-order valence-corrected chi connectivity index (χ0v) is 17.5. The number of carboxylic acids is 1. The zero-order chi connectivity index (χ0) is 22.4. The Labute approximate surface area is 180 Å². The molecule has 7 nitrogen and oxygen atoms in total. The molecule has 1 aromatic heterocycles. The second-order valence-corrected chi connectivity index (χ2v) is 8.14. The Kier molecular flexibility index (Phi) is 6.65. The second kappa shape index (κ2) is 9.38. The minimum absolute atomic E-state index is 0.206. The van der Waals surface area contributed by atoms with Crippen molar-refractivity contribution in [3.63, 3.8) is 0 Å². The van der Waals surface area contributed by atoms with Crippen LogP contribution >= 0.6 is 0 Å². The number of carbonyl (C=O) groups excluding carboxylic acids is 1. The highest BCUT2D eigenvalue weighted by atomic mass is 16.4. The van der Waals surface area contributed by atoms with Crippen LogP contribution < -0.4 is 11.0 Å². The van der Waals surface area contributed by atoms with Crippen molar-refractivity contribution in [3.05, 3.63) is 88.6 Å². The smallest absolute Gasteiger partial charge is 0.344 e. The summed E-state index contributed by atoms with van der Waals surface area (Å²) in [6.07, 6.45) is 3.19. The third-order valence-corrected chi connectivity index (χ3v) is 5.15. The molecule has 3 N–H and O–H groups in total. The van der Waals surface area contributed by atoms with Gasteiger partial charge in [-0.2, -0.15) is 0 Å². The maximum absolute atomic E-state index is 12.6. The number of aromatic amines is 1. The molecule has 0 saturated heterocycles. The Morgan fingerprint density at radius 1 is 1.06 bits per heavy atom. The van der Waals surface area contributed by atoms with Crippen molar-refractivity contribution in [3.8, 4) is 11.1 Å². The van der Waals surface area contributed by atoms with Crippen LogP contribution in [0.1, 0.15) is 36.2 Å². The van der Waals surface area contributed by atoms with Gasteiger partial charge in [0.2, 0.25) is 0 Å². The van der Waals surface area contributed by atoms with E-state index in [2.05, 4.69) is 15.3 Å². The van der Waals surface area contributed by atoms with Crippen LogP contribution in [0.4, 0.5) is 0 Å². The first-order chi connectivity index (χ1) is 14.7. The molecule has 160 valence electrons. The number of nitrogens with zero attached hydrogens (tertiary/aromatic N) is 1. The van der Waals surface area contributed by atoms with Crippen LogP contribution in [0.25, 0.3) is 11.1 Å². The van der Waals surface area contributed by atoms with Crippen molar-refractivity contribution in [1.29, 1.82) is 0 Å². The van der Waals surface area contributed by atoms with Crippen molar-refractivity contribution in [2.24, 2.45) is 5.41 Å². The lowest BCUT2D eigenvalue weighted by Crippen LogP contribution is -2.41. The molecule has 31 heavy (non-hydrogen) atoms. The number of aromatic nitrogens is 2. The molecule has 0 bridgehead atoms. The molecule has 0 aliphatic carbocycles. The predicted molar refractivity (Wildman–Crippen MR) is 118 cm³/mol. The van der Waals surface area contributed by atoms with E-state index in [4.69, 9.17) is 0 Å². The quantitative estimate of drug-likeness (QED) is 0.519. The van der Waals surface area contributed by atoms with Crippen LogP contribution in [0, 0.1) is 5.41 Å². The van der Waals surface area contributed by atoms with Gasteiger partial charge in [-0.25, -0.2) is 9.78 Å². The monoisotopic (exact) mass is 419 g/mol. The SMILES string of the molecule is CC(C)(C[C@@H](Cc1ccc(-c2ccccc2)cc1)NC(=O)c1cnc(=O)[nH]c1)C(=O)O. The van der Waals surface area contributed by atoms with Crippen molar-refractivity contribution < 1.29 is 14.7 Å². The number of aliphatic carboxylic acids is 1. The molecular weight excluding hydrogens is 394 g/mol. The molecule has 3 rings (SSSR count). The fourth-order valence-corrected chi connectivity index (χ4v) is 3.36. The largest absolute Gasteiger partial charge is 0.481 e. The molecule has 7 heteroatoms. The van der Waals surface area contributed by atoms with Crippen LogP contribution in [0.3, 0.4) is 0 Å². The van der Waals surface area contributed by atoms with Gasteiger partial charge >= 0.3 is 11.7 Å². The average Bonchev–Trinajstić information content (AvgIpc) is 2.75. The molecule has 0 aliphatic rings. The lowest BCUT2D eigenvalue weighted by molar-refractivity contribution is -0.147. The number of benzene rings is 2. The van der Waals surface area contributed by atoms with Crippen molar-refractivity contribution in [1.82, 2.24) is 15.3 Å². The number of carbonyl (C=O) groups is 2. The molecule has 0 saturated carbocycles. The lowest BCUT2D eigenvalue weighted by Gasteiger charge is -2.27. The van der Waals surface area contributed by atoms with E-state index in [0.717, 1.165) is 16.7 Å². The van der Waals surface area contributed by atoms with Gasteiger partial charge < -0.3 is 15.4 Å². The molecule has 0 fully saturated rings. The van der Waals surface area contributed by atoms with Gasteiger partial charge in [0.25, 0.3) is 5.91 Å².